The lowest BCUT2D eigenvalue weighted by Gasteiger charge is -2.21. The highest BCUT2D eigenvalue weighted by Gasteiger charge is 2.23. The highest BCUT2D eigenvalue weighted by Crippen LogP contribution is 2.21. The zero-order valence-electron chi connectivity index (χ0n) is 10.1. The van der Waals surface area contributed by atoms with Crippen LogP contribution in [0, 0.1) is 0 Å². The first kappa shape index (κ1) is 14.6. The molecule has 0 spiro atoms. The minimum Gasteiger partial charge on any atom is -0.446 e. The van der Waals surface area contributed by atoms with Crippen molar-refractivity contribution in [1.29, 1.82) is 0 Å². The number of nitrogens with one attached hydrogen (secondary N) is 1. The molecule has 0 fully saturated rings. The summed E-state index contributed by atoms with van der Waals surface area (Å²) in [5.41, 5.74) is 0. The maximum Gasteiger partial charge on any atom is 0.274 e. The fraction of sp³-hybridized carbons (Fsp3) is 0.600. The smallest absolute Gasteiger partial charge is 0.274 e. The van der Waals surface area contributed by atoms with Gasteiger partial charge < -0.3 is 9.52 Å². The van der Waals surface area contributed by atoms with Crippen molar-refractivity contribution < 1.29 is 17.9 Å². The number of rotatable bonds is 6. The van der Waals surface area contributed by atoms with Gasteiger partial charge in [0.05, 0.1) is 0 Å². The second kappa shape index (κ2) is 5.43. The molecule has 0 aliphatic heterocycles. The first-order chi connectivity index (χ1) is 7.80. The molecule has 0 saturated heterocycles. The SMILES string of the molecule is CSC(C)(C)CNS(=O)(=O)c1ccc(CO)o1. The summed E-state index contributed by atoms with van der Waals surface area (Å²) in [6.45, 7) is 3.89. The molecule has 0 aromatic carbocycles. The van der Waals surface area contributed by atoms with Gasteiger partial charge in [-0.05, 0) is 32.2 Å². The normalized spacial score (nSPS) is 12.9. The van der Waals surface area contributed by atoms with Crippen LogP contribution in [0.4, 0.5) is 0 Å². The Morgan fingerprint density at radius 1 is 1.47 bits per heavy atom. The molecule has 0 atom stereocenters. The largest absolute Gasteiger partial charge is 0.446 e. The second-order valence-corrected chi connectivity index (χ2v) is 7.38. The predicted molar refractivity (Wildman–Crippen MR) is 67.4 cm³/mol. The van der Waals surface area contributed by atoms with Crippen molar-refractivity contribution in [1.82, 2.24) is 4.72 Å². The summed E-state index contributed by atoms with van der Waals surface area (Å²) in [7, 11) is -3.63. The molecule has 0 radical (unpaired) electrons. The maximum absolute atomic E-state index is 11.8. The van der Waals surface area contributed by atoms with E-state index >= 15 is 0 Å². The number of furan rings is 1. The zero-order chi connectivity index (χ0) is 13.1. The Balaban J connectivity index is 2.76. The lowest BCUT2D eigenvalue weighted by atomic mass is 10.2. The third-order valence-corrected chi connectivity index (χ3v) is 4.82. The molecule has 0 bridgehead atoms. The van der Waals surface area contributed by atoms with E-state index in [2.05, 4.69) is 4.72 Å². The van der Waals surface area contributed by atoms with Gasteiger partial charge in [0.1, 0.15) is 12.4 Å². The van der Waals surface area contributed by atoms with Crippen LogP contribution in [0.5, 0.6) is 0 Å². The molecule has 0 amide bonds. The quantitative estimate of drug-likeness (QED) is 0.817. The number of hydrogen-bond acceptors (Lipinski definition) is 5. The first-order valence-corrected chi connectivity index (χ1v) is 7.76. The van der Waals surface area contributed by atoms with Crippen molar-refractivity contribution >= 4 is 21.8 Å². The predicted octanol–water partition coefficient (Wildman–Crippen LogP) is 1.19. The molecule has 17 heavy (non-hydrogen) atoms. The Bertz CT molecular complexity index is 464. The first-order valence-electron chi connectivity index (χ1n) is 5.05. The van der Waals surface area contributed by atoms with Gasteiger partial charge in [0.15, 0.2) is 0 Å². The van der Waals surface area contributed by atoms with Gasteiger partial charge in [-0.3, -0.25) is 0 Å². The topological polar surface area (TPSA) is 79.5 Å². The Morgan fingerprint density at radius 3 is 2.59 bits per heavy atom. The van der Waals surface area contributed by atoms with Crippen LogP contribution in [-0.2, 0) is 16.6 Å². The van der Waals surface area contributed by atoms with Crippen molar-refractivity contribution in [3.05, 3.63) is 17.9 Å². The summed E-state index contributed by atoms with van der Waals surface area (Å²) in [6.07, 6.45) is 1.92. The fourth-order valence-corrected chi connectivity index (χ4v) is 2.46. The lowest BCUT2D eigenvalue weighted by molar-refractivity contribution is 0.236. The van der Waals surface area contributed by atoms with E-state index in [9.17, 15) is 8.42 Å². The van der Waals surface area contributed by atoms with E-state index in [1.807, 2.05) is 20.1 Å². The van der Waals surface area contributed by atoms with E-state index < -0.39 is 10.0 Å². The van der Waals surface area contributed by atoms with Crippen molar-refractivity contribution in [2.75, 3.05) is 12.8 Å². The summed E-state index contributed by atoms with van der Waals surface area (Å²) in [6, 6.07) is 2.77. The maximum atomic E-state index is 11.8. The highest BCUT2D eigenvalue weighted by atomic mass is 32.2. The van der Waals surface area contributed by atoms with Crippen molar-refractivity contribution in [2.24, 2.45) is 0 Å². The monoisotopic (exact) mass is 279 g/mol. The van der Waals surface area contributed by atoms with E-state index in [4.69, 9.17) is 9.52 Å². The van der Waals surface area contributed by atoms with Gasteiger partial charge in [-0.2, -0.15) is 11.8 Å². The third-order valence-electron chi connectivity index (χ3n) is 2.30. The lowest BCUT2D eigenvalue weighted by Crippen LogP contribution is -2.35. The van der Waals surface area contributed by atoms with Crippen LogP contribution in [0.25, 0.3) is 0 Å². The molecule has 0 unspecified atom stereocenters. The molecular formula is C10H17NO4S2. The van der Waals surface area contributed by atoms with Crippen molar-refractivity contribution in [2.45, 2.75) is 30.3 Å². The summed E-state index contributed by atoms with van der Waals surface area (Å²) in [5, 5.41) is 8.63. The van der Waals surface area contributed by atoms with E-state index in [0.717, 1.165) is 0 Å². The standard InChI is InChI=1S/C10H17NO4S2/c1-10(2,16-3)7-11-17(13,14)9-5-4-8(6-12)15-9/h4-5,11-12H,6-7H2,1-3H3. The molecule has 5 nitrogen and oxygen atoms in total. The van der Waals surface area contributed by atoms with E-state index in [0.29, 0.717) is 6.54 Å². The molecule has 1 aromatic heterocycles. The Hall–Kier alpha value is -0.500. The van der Waals surface area contributed by atoms with Gasteiger partial charge in [-0.25, -0.2) is 13.1 Å². The molecule has 0 aliphatic carbocycles. The van der Waals surface area contributed by atoms with Gasteiger partial charge in [-0.15, -0.1) is 0 Å². The number of aliphatic hydroxyl groups excluding tert-OH is 1. The highest BCUT2D eigenvalue weighted by molar-refractivity contribution is 8.00. The van der Waals surface area contributed by atoms with Gasteiger partial charge in [0.25, 0.3) is 10.0 Å². The molecule has 1 aromatic rings. The Morgan fingerprint density at radius 2 is 2.12 bits per heavy atom. The molecule has 98 valence electrons. The average molecular weight is 279 g/mol. The average Bonchev–Trinajstić information content (AvgIpc) is 2.76. The van der Waals surface area contributed by atoms with E-state index in [1.54, 1.807) is 11.8 Å². The Labute approximate surface area is 106 Å². The summed E-state index contributed by atoms with van der Waals surface area (Å²) in [4.78, 5) is 0. The van der Waals surface area contributed by atoms with Crippen LogP contribution < -0.4 is 4.72 Å². The van der Waals surface area contributed by atoms with Gasteiger partial charge in [0.2, 0.25) is 5.09 Å². The molecule has 7 heteroatoms. The van der Waals surface area contributed by atoms with Gasteiger partial charge in [-0.1, -0.05) is 0 Å². The molecule has 0 aliphatic rings. The fourth-order valence-electron chi connectivity index (χ4n) is 1.000. The van der Waals surface area contributed by atoms with Crippen LogP contribution in [0.3, 0.4) is 0 Å². The van der Waals surface area contributed by atoms with Crippen LogP contribution in [0.15, 0.2) is 21.6 Å². The molecule has 1 heterocycles. The van der Waals surface area contributed by atoms with Gasteiger partial charge >= 0.3 is 0 Å². The summed E-state index contributed by atoms with van der Waals surface area (Å²) < 4.78 is 30.9. The molecule has 0 saturated carbocycles. The minimum atomic E-state index is -3.63. The van der Waals surface area contributed by atoms with Crippen LogP contribution in [0.1, 0.15) is 19.6 Å². The number of thioether (sulfide) groups is 1. The summed E-state index contributed by atoms with van der Waals surface area (Å²) >= 11 is 1.58. The number of aliphatic hydroxyl groups is 1. The van der Waals surface area contributed by atoms with Crippen LogP contribution in [0.2, 0.25) is 0 Å². The van der Waals surface area contributed by atoms with Crippen molar-refractivity contribution in [3.63, 3.8) is 0 Å². The van der Waals surface area contributed by atoms with Gasteiger partial charge in [0, 0.05) is 11.3 Å². The molecular weight excluding hydrogens is 262 g/mol. The second-order valence-electron chi connectivity index (χ2n) is 4.17. The molecule has 2 N–H and O–H groups in total. The summed E-state index contributed by atoms with van der Waals surface area (Å²) in [5.74, 6) is 0.231. The van der Waals surface area contributed by atoms with Crippen LogP contribution in [-0.4, -0.2) is 31.1 Å². The number of sulfonamides is 1. The van der Waals surface area contributed by atoms with Crippen molar-refractivity contribution in [3.8, 4) is 0 Å². The third kappa shape index (κ3) is 4.02. The van der Waals surface area contributed by atoms with E-state index in [-0.39, 0.29) is 22.2 Å². The molecule has 1 rings (SSSR count). The number of hydrogen-bond donors (Lipinski definition) is 2. The van der Waals surface area contributed by atoms with E-state index in [1.165, 1.54) is 12.1 Å². The zero-order valence-corrected chi connectivity index (χ0v) is 11.7. The minimum absolute atomic E-state index is 0.168. The Kier molecular flexibility index (Phi) is 4.65. The van der Waals surface area contributed by atoms with Crippen LogP contribution >= 0.6 is 11.8 Å².